The molecule has 1 N–H and O–H groups in total. The summed E-state index contributed by atoms with van der Waals surface area (Å²) < 4.78 is 5.31. The van der Waals surface area contributed by atoms with Gasteiger partial charge in [0.25, 0.3) is 5.91 Å². The molecule has 0 radical (unpaired) electrons. The van der Waals surface area contributed by atoms with Gasteiger partial charge >= 0.3 is 0 Å². The number of pyridine rings is 1. The number of halogens is 2. The molecule has 0 saturated carbocycles. The highest BCUT2D eigenvalue weighted by molar-refractivity contribution is 6.30. The van der Waals surface area contributed by atoms with Crippen LogP contribution in [0.1, 0.15) is 0 Å². The van der Waals surface area contributed by atoms with Crippen molar-refractivity contribution in [2.75, 3.05) is 11.9 Å². The molecule has 1 aromatic carbocycles. The lowest BCUT2D eigenvalue weighted by Crippen LogP contribution is -2.20. The van der Waals surface area contributed by atoms with Crippen LogP contribution in [0.25, 0.3) is 0 Å². The van der Waals surface area contributed by atoms with Crippen molar-refractivity contribution in [1.82, 2.24) is 4.98 Å². The van der Waals surface area contributed by atoms with Crippen LogP contribution in [0.5, 0.6) is 5.75 Å². The molecule has 0 aliphatic heterocycles. The van der Waals surface area contributed by atoms with Crippen molar-refractivity contribution in [2.45, 2.75) is 0 Å². The van der Waals surface area contributed by atoms with Gasteiger partial charge in [-0.25, -0.2) is 4.98 Å². The molecule has 0 aliphatic carbocycles. The zero-order valence-corrected chi connectivity index (χ0v) is 11.3. The van der Waals surface area contributed by atoms with Crippen molar-refractivity contribution in [3.05, 3.63) is 52.8 Å². The van der Waals surface area contributed by atoms with E-state index in [0.717, 1.165) is 0 Å². The highest BCUT2D eigenvalue weighted by atomic mass is 35.5. The van der Waals surface area contributed by atoms with Crippen LogP contribution < -0.4 is 10.1 Å². The number of ether oxygens (including phenoxy) is 1. The molecule has 1 heterocycles. The fourth-order valence-corrected chi connectivity index (χ4v) is 1.66. The van der Waals surface area contributed by atoms with Crippen molar-refractivity contribution in [1.29, 1.82) is 0 Å². The minimum Gasteiger partial charge on any atom is -0.484 e. The lowest BCUT2D eigenvalue weighted by molar-refractivity contribution is -0.118. The molecule has 2 aromatic rings. The molecule has 4 nitrogen and oxygen atoms in total. The third kappa shape index (κ3) is 4.43. The van der Waals surface area contributed by atoms with Gasteiger partial charge in [-0.1, -0.05) is 23.2 Å². The zero-order chi connectivity index (χ0) is 13.7. The number of aromatic nitrogens is 1. The molecule has 0 saturated heterocycles. The average Bonchev–Trinajstić information content (AvgIpc) is 2.38. The van der Waals surface area contributed by atoms with Crippen LogP contribution in [0.2, 0.25) is 10.2 Å². The van der Waals surface area contributed by atoms with Crippen molar-refractivity contribution in [2.24, 2.45) is 0 Å². The molecule has 1 aromatic heterocycles. The number of carbonyl (C=O) groups is 1. The summed E-state index contributed by atoms with van der Waals surface area (Å²) in [5.41, 5.74) is 0.574. The van der Waals surface area contributed by atoms with Gasteiger partial charge in [-0.05, 0) is 36.4 Å². The van der Waals surface area contributed by atoms with Crippen molar-refractivity contribution >= 4 is 34.8 Å². The molecule has 0 unspecified atom stereocenters. The van der Waals surface area contributed by atoms with Crippen LogP contribution in [-0.2, 0) is 4.79 Å². The van der Waals surface area contributed by atoms with E-state index < -0.39 is 0 Å². The first-order chi connectivity index (χ1) is 9.13. The largest absolute Gasteiger partial charge is 0.484 e. The molecule has 0 atom stereocenters. The first-order valence-corrected chi connectivity index (χ1v) is 6.19. The van der Waals surface area contributed by atoms with E-state index in [2.05, 4.69) is 10.3 Å². The first kappa shape index (κ1) is 13.6. The molecule has 1 amide bonds. The number of hydrogen-bond donors (Lipinski definition) is 1. The number of hydrogen-bond acceptors (Lipinski definition) is 3. The fourth-order valence-electron chi connectivity index (χ4n) is 1.36. The van der Waals surface area contributed by atoms with Crippen molar-refractivity contribution in [3.8, 4) is 5.75 Å². The Bertz CT molecular complexity index is 573. The smallest absolute Gasteiger partial charge is 0.262 e. The van der Waals surface area contributed by atoms with Gasteiger partial charge in [-0.3, -0.25) is 4.79 Å². The van der Waals surface area contributed by atoms with E-state index in [1.54, 1.807) is 36.4 Å². The quantitative estimate of drug-likeness (QED) is 0.880. The maximum Gasteiger partial charge on any atom is 0.262 e. The van der Waals surface area contributed by atoms with Crippen LogP contribution in [0, 0.1) is 0 Å². The summed E-state index contributed by atoms with van der Waals surface area (Å²) in [6, 6.07) is 9.97. The molecule has 2 rings (SSSR count). The Morgan fingerprint density at radius 3 is 2.63 bits per heavy atom. The molecule has 0 spiro atoms. The van der Waals surface area contributed by atoms with Gasteiger partial charge in [0, 0.05) is 16.9 Å². The third-order valence-electron chi connectivity index (χ3n) is 2.19. The van der Waals surface area contributed by atoms with Crippen LogP contribution >= 0.6 is 23.2 Å². The van der Waals surface area contributed by atoms with Gasteiger partial charge in [0.2, 0.25) is 0 Å². The second kappa shape index (κ2) is 6.41. The third-order valence-corrected chi connectivity index (χ3v) is 2.65. The summed E-state index contributed by atoms with van der Waals surface area (Å²) in [5.74, 6) is 0.296. The molecule has 0 fully saturated rings. The lowest BCUT2D eigenvalue weighted by atomic mass is 10.3. The van der Waals surface area contributed by atoms with E-state index in [0.29, 0.717) is 21.6 Å². The van der Waals surface area contributed by atoms with E-state index in [1.165, 1.54) is 6.20 Å². The van der Waals surface area contributed by atoms with E-state index in [1.807, 2.05) is 0 Å². The standard InChI is InChI=1S/C13H10Cl2N2O2/c14-9-1-3-11(4-2-9)19-8-13(18)17-10-5-6-16-12(15)7-10/h1-7H,8H2,(H,16,17,18). The molecule has 19 heavy (non-hydrogen) atoms. The summed E-state index contributed by atoms with van der Waals surface area (Å²) in [7, 11) is 0. The number of nitrogens with zero attached hydrogens (tertiary/aromatic N) is 1. The second-order valence-corrected chi connectivity index (χ2v) is 4.48. The van der Waals surface area contributed by atoms with Crippen LogP contribution in [-0.4, -0.2) is 17.5 Å². The molecule has 0 aliphatic rings. The van der Waals surface area contributed by atoms with E-state index >= 15 is 0 Å². The number of benzene rings is 1. The molecule has 0 bridgehead atoms. The number of rotatable bonds is 4. The first-order valence-electron chi connectivity index (χ1n) is 5.43. The maximum atomic E-state index is 11.6. The number of amides is 1. The van der Waals surface area contributed by atoms with Gasteiger partial charge in [-0.15, -0.1) is 0 Å². The monoisotopic (exact) mass is 296 g/mol. The minimum atomic E-state index is -0.280. The average molecular weight is 297 g/mol. The summed E-state index contributed by atoms with van der Waals surface area (Å²) in [4.78, 5) is 15.5. The van der Waals surface area contributed by atoms with Crippen LogP contribution in [0.4, 0.5) is 5.69 Å². The van der Waals surface area contributed by atoms with E-state index in [9.17, 15) is 4.79 Å². The fraction of sp³-hybridized carbons (Fsp3) is 0.0769. The van der Waals surface area contributed by atoms with Gasteiger partial charge in [-0.2, -0.15) is 0 Å². The van der Waals surface area contributed by atoms with Gasteiger partial charge in [0.15, 0.2) is 6.61 Å². The minimum absolute atomic E-state index is 0.0957. The summed E-state index contributed by atoms with van der Waals surface area (Å²) in [6.07, 6.45) is 1.51. The molecular weight excluding hydrogens is 287 g/mol. The maximum absolute atomic E-state index is 11.6. The van der Waals surface area contributed by atoms with Gasteiger partial charge in [0.05, 0.1) is 0 Å². The predicted molar refractivity (Wildman–Crippen MR) is 74.8 cm³/mol. The highest BCUT2D eigenvalue weighted by Crippen LogP contribution is 2.16. The van der Waals surface area contributed by atoms with E-state index in [4.69, 9.17) is 27.9 Å². The summed E-state index contributed by atoms with van der Waals surface area (Å²) >= 11 is 11.5. The molecule has 98 valence electrons. The van der Waals surface area contributed by atoms with Crippen LogP contribution in [0.15, 0.2) is 42.6 Å². The Hall–Kier alpha value is -1.78. The van der Waals surface area contributed by atoms with Crippen LogP contribution in [0.3, 0.4) is 0 Å². The highest BCUT2D eigenvalue weighted by Gasteiger charge is 2.04. The zero-order valence-electron chi connectivity index (χ0n) is 9.77. The van der Waals surface area contributed by atoms with E-state index in [-0.39, 0.29) is 12.5 Å². The predicted octanol–water partition coefficient (Wildman–Crippen LogP) is 3.41. The molecule has 6 heteroatoms. The van der Waals surface area contributed by atoms with Gasteiger partial charge in [0.1, 0.15) is 10.9 Å². The Labute approximate surface area is 120 Å². The normalized spacial score (nSPS) is 10.0. The Morgan fingerprint density at radius 1 is 1.21 bits per heavy atom. The summed E-state index contributed by atoms with van der Waals surface area (Å²) in [5, 5.41) is 3.58. The SMILES string of the molecule is O=C(COc1ccc(Cl)cc1)Nc1ccnc(Cl)c1. The Kier molecular flexibility index (Phi) is 4.60. The number of carbonyl (C=O) groups excluding carboxylic acids is 1. The Morgan fingerprint density at radius 2 is 1.95 bits per heavy atom. The summed E-state index contributed by atoms with van der Waals surface area (Å²) in [6.45, 7) is -0.0957. The molecular formula is C13H10Cl2N2O2. The van der Waals surface area contributed by atoms with Gasteiger partial charge < -0.3 is 10.1 Å². The Balaban J connectivity index is 1.86. The lowest BCUT2D eigenvalue weighted by Gasteiger charge is -2.07. The number of anilines is 1. The second-order valence-electron chi connectivity index (χ2n) is 3.66. The number of nitrogens with one attached hydrogen (secondary N) is 1. The topological polar surface area (TPSA) is 51.2 Å². The van der Waals surface area contributed by atoms with Crippen molar-refractivity contribution in [3.63, 3.8) is 0 Å². The van der Waals surface area contributed by atoms with Crippen molar-refractivity contribution < 1.29 is 9.53 Å².